The van der Waals surface area contributed by atoms with Gasteiger partial charge in [0, 0.05) is 44.5 Å². The zero-order valence-corrected chi connectivity index (χ0v) is 15.6. The van der Waals surface area contributed by atoms with Crippen molar-refractivity contribution < 1.29 is 8.42 Å². The molecule has 24 heavy (non-hydrogen) atoms. The Morgan fingerprint density at radius 1 is 1.21 bits per heavy atom. The molecular weight excluding hydrogens is 326 g/mol. The van der Waals surface area contributed by atoms with Crippen molar-refractivity contribution in [1.29, 1.82) is 0 Å². The Morgan fingerprint density at radius 2 is 1.96 bits per heavy atom. The highest BCUT2D eigenvalue weighted by atomic mass is 32.2. The Hall–Kier alpha value is -1.67. The third kappa shape index (κ3) is 7.27. The second kappa shape index (κ2) is 11.0. The van der Waals surface area contributed by atoms with Crippen LogP contribution in [0.5, 0.6) is 0 Å². The van der Waals surface area contributed by atoms with Crippen LogP contribution in [0.4, 0.5) is 0 Å². The molecule has 0 saturated heterocycles. The predicted octanol–water partition coefficient (Wildman–Crippen LogP) is 0.851. The molecule has 0 fully saturated rings. The monoisotopic (exact) mass is 355 g/mol. The molecule has 0 aliphatic heterocycles. The van der Waals surface area contributed by atoms with Gasteiger partial charge in [0.05, 0.1) is 12.3 Å². The van der Waals surface area contributed by atoms with Crippen LogP contribution >= 0.6 is 0 Å². The standard InChI is InChI=1S/C16H29N5O2S/c1-4-17-16(19-12-10-15-9-7-8-11-18-15)20-13-14-24(22,23)21(5-2)6-3/h7-9,11H,4-6,10,12-14H2,1-3H3,(H2,17,19,20). The normalized spacial score (nSPS) is 12.4. The van der Waals surface area contributed by atoms with Gasteiger partial charge >= 0.3 is 0 Å². The highest BCUT2D eigenvalue weighted by molar-refractivity contribution is 7.89. The topological polar surface area (TPSA) is 86.7 Å². The second-order valence-corrected chi connectivity index (χ2v) is 7.25. The van der Waals surface area contributed by atoms with Gasteiger partial charge in [-0.3, -0.25) is 9.98 Å². The van der Waals surface area contributed by atoms with E-state index in [0.717, 1.165) is 18.7 Å². The molecule has 0 unspecified atom stereocenters. The SMILES string of the molecule is CCNC(=NCCS(=O)(=O)N(CC)CC)NCCc1ccccn1. The molecule has 1 aromatic rings. The van der Waals surface area contributed by atoms with Gasteiger partial charge in [0.2, 0.25) is 10.0 Å². The number of guanidine groups is 1. The van der Waals surface area contributed by atoms with Crippen molar-refractivity contribution in [1.82, 2.24) is 19.9 Å². The van der Waals surface area contributed by atoms with Gasteiger partial charge in [-0.1, -0.05) is 19.9 Å². The predicted molar refractivity (Wildman–Crippen MR) is 98.6 cm³/mol. The number of hydrogen-bond donors (Lipinski definition) is 2. The van der Waals surface area contributed by atoms with Crippen molar-refractivity contribution in [2.45, 2.75) is 27.2 Å². The zero-order valence-electron chi connectivity index (χ0n) is 14.8. The van der Waals surface area contributed by atoms with Gasteiger partial charge in [0.25, 0.3) is 0 Å². The number of nitrogens with zero attached hydrogens (tertiary/aromatic N) is 3. The minimum Gasteiger partial charge on any atom is -0.357 e. The third-order valence-corrected chi connectivity index (χ3v) is 5.46. The van der Waals surface area contributed by atoms with Crippen LogP contribution in [-0.2, 0) is 16.4 Å². The summed E-state index contributed by atoms with van der Waals surface area (Å²) in [4.78, 5) is 8.62. The largest absolute Gasteiger partial charge is 0.357 e. The maximum Gasteiger partial charge on any atom is 0.215 e. The quantitative estimate of drug-likeness (QED) is 0.480. The minimum atomic E-state index is -3.24. The summed E-state index contributed by atoms with van der Waals surface area (Å²) in [5.74, 6) is 0.647. The highest BCUT2D eigenvalue weighted by Gasteiger charge is 2.17. The minimum absolute atomic E-state index is 0.0193. The molecule has 0 aliphatic carbocycles. The van der Waals surface area contributed by atoms with E-state index in [4.69, 9.17) is 0 Å². The summed E-state index contributed by atoms with van der Waals surface area (Å²) in [5.41, 5.74) is 1.00. The average molecular weight is 356 g/mol. The van der Waals surface area contributed by atoms with Gasteiger partial charge in [-0.05, 0) is 19.1 Å². The summed E-state index contributed by atoms with van der Waals surface area (Å²) in [6.45, 7) is 8.28. The third-order valence-electron chi connectivity index (χ3n) is 3.46. The van der Waals surface area contributed by atoms with E-state index in [1.54, 1.807) is 6.20 Å². The fourth-order valence-corrected chi connectivity index (χ4v) is 3.58. The molecular formula is C16H29N5O2S. The lowest BCUT2D eigenvalue weighted by molar-refractivity contribution is 0.445. The molecule has 1 heterocycles. The smallest absolute Gasteiger partial charge is 0.215 e. The number of nitrogens with one attached hydrogen (secondary N) is 2. The molecule has 0 aromatic carbocycles. The van der Waals surface area contributed by atoms with Crippen LogP contribution in [0.3, 0.4) is 0 Å². The fraction of sp³-hybridized carbons (Fsp3) is 0.625. The Labute approximate surface area is 145 Å². The zero-order chi connectivity index (χ0) is 17.8. The van der Waals surface area contributed by atoms with E-state index in [9.17, 15) is 8.42 Å². The molecule has 0 atom stereocenters. The van der Waals surface area contributed by atoms with Gasteiger partial charge in [0.1, 0.15) is 0 Å². The summed E-state index contributed by atoms with van der Waals surface area (Å²) < 4.78 is 25.7. The van der Waals surface area contributed by atoms with Gasteiger partial charge in [0.15, 0.2) is 5.96 Å². The van der Waals surface area contributed by atoms with Crippen LogP contribution in [0.1, 0.15) is 26.5 Å². The fourth-order valence-electron chi connectivity index (χ4n) is 2.22. The molecule has 0 bridgehead atoms. The Morgan fingerprint density at radius 3 is 2.54 bits per heavy atom. The summed E-state index contributed by atoms with van der Waals surface area (Å²) in [6, 6.07) is 5.82. The number of pyridine rings is 1. The molecule has 0 saturated carbocycles. The summed E-state index contributed by atoms with van der Waals surface area (Å²) in [6.07, 6.45) is 2.55. The second-order valence-electron chi connectivity index (χ2n) is 5.16. The van der Waals surface area contributed by atoms with Crippen molar-refractivity contribution in [3.63, 3.8) is 0 Å². The first kappa shape index (κ1) is 20.4. The maximum atomic E-state index is 12.1. The van der Waals surface area contributed by atoms with Crippen LogP contribution in [-0.4, -0.2) is 62.1 Å². The first-order chi connectivity index (χ1) is 11.5. The number of sulfonamides is 1. The van der Waals surface area contributed by atoms with E-state index >= 15 is 0 Å². The van der Waals surface area contributed by atoms with Crippen molar-refractivity contribution >= 4 is 16.0 Å². The molecule has 1 rings (SSSR count). The number of rotatable bonds is 10. The van der Waals surface area contributed by atoms with Gasteiger partial charge in [-0.2, -0.15) is 0 Å². The van der Waals surface area contributed by atoms with Gasteiger partial charge in [-0.25, -0.2) is 12.7 Å². The van der Waals surface area contributed by atoms with Crippen LogP contribution in [0.15, 0.2) is 29.4 Å². The first-order valence-corrected chi connectivity index (χ1v) is 10.0. The molecule has 0 aliphatic rings. The highest BCUT2D eigenvalue weighted by Crippen LogP contribution is 2.00. The number of hydrogen-bond acceptors (Lipinski definition) is 4. The number of aliphatic imine (C=N–C) groups is 1. The van der Waals surface area contributed by atoms with Crippen molar-refractivity contribution in [2.75, 3.05) is 38.5 Å². The van der Waals surface area contributed by atoms with Gasteiger partial charge in [-0.15, -0.1) is 0 Å². The first-order valence-electron chi connectivity index (χ1n) is 8.43. The number of aromatic nitrogens is 1. The maximum absolute atomic E-state index is 12.1. The average Bonchev–Trinajstić information content (AvgIpc) is 2.56. The van der Waals surface area contributed by atoms with Crippen LogP contribution in [0, 0.1) is 0 Å². The summed E-state index contributed by atoms with van der Waals surface area (Å²) in [7, 11) is -3.24. The molecule has 0 spiro atoms. The van der Waals surface area contributed by atoms with Crippen molar-refractivity contribution in [3.05, 3.63) is 30.1 Å². The Kier molecular flexibility index (Phi) is 9.33. The van der Waals surface area contributed by atoms with E-state index in [-0.39, 0.29) is 12.3 Å². The Bertz CT molecular complexity index is 586. The lowest BCUT2D eigenvalue weighted by Gasteiger charge is -2.17. The van der Waals surface area contributed by atoms with E-state index < -0.39 is 10.0 Å². The van der Waals surface area contributed by atoms with Crippen molar-refractivity contribution in [3.8, 4) is 0 Å². The van der Waals surface area contributed by atoms with Crippen LogP contribution in [0.25, 0.3) is 0 Å². The molecule has 136 valence electrons. The molecule has 0 radical (unpaired) electrons. The van der Waals surface area contributed by atoms with Crippen LogP contribution in [0.2, 0.25) is 0 Å². The summed E-state index contributed by atoms with van der Waals surface area (Å²) in [5, 5.41) is 6.33. The molecule has 2 N–H and O–H groups in total. The summed E-state index contributed by atoms with van der Waals surface area (Å²) >= 11 is 0. The Balaban J connectivity index is 2.50. The van der Waals surface area contributed by atoms with E-state index in [1.807, 2.05) is 39.0 Å². The van der Waals surface area contributed by atoms with Crippen LogP contribution < -0.4 is 10.6 Å². The molecule has 0 amide bonds. The lowest BCUT2D eigenvalue weighted by Crippen LogP contribution is -2.39. The van der Waals surface area contributed by atoms with E-state index in [1.165, 1.54) is 4.31 Å². The van der Waals surface area contributed by atoms with E-state index in [0.29, 0.717) is 25.6 Å². The van der Waals surface area contributed by atoms with E-state index in [2.05, 4.69) is 20.6 Å². The molecule has 7 nitrogen and oxygen atoms in total. The van der Waals surface area contributed by atoms with Crippen molar-refractivity contribution in [2.24, 2.45) is 4.99 Å². The molecule has 1 aromatic heterocycles. The molecule has 8 heteroatoms. The lowest BCUT2D eigenvalue weighted by atomic mass is 10.3. The van der Waals surface area contributed by atoms with Gasteiger partial charge < -0.3 is 10.6 Å².